The Morgan fingerprint density at radius 3 is 2.59 bits per heavy atom. The molecular formula is C19H26ClN5O2. The number of hydrogen-bond donors (Lipinski definition) is 2. The van der Waals surface area contributed by atoms with Gasteiger partial charge in [0.25, 0.3) is 5.91 Å². The molecule has 2 fully saturated rings. The molecule has 2 aromatic rings. The van der Waals surface area contributed by atoms with Crippen molar-refractivity contribution in [2.24, 2.45) is 13.0 Å². The second kappa shape index (κ2) is 8.71. The van der Waals surface area contributed by atoms with E-state index in [-0.39, 0.29) is 18.3 Å². The van der Waals surface area contributed by atoms with Crippen LogP contribution in [0.1, 0.15) is 47.8 Å². The number of amides is 1. The lowest BCUT2D eigenvalue weighted by molar-refractivity contribution is 0.102. The quantitative estimate of drug-likeness (QED) is 0.791. The van der Waals surface area contributed by atoms with Crippen molar-refractivity contribution in [1.82, 2.24) is 20.1 Å². The monoisotopic (exact) mass is 391 g/mol. The summed E-state index contributed by atoms with van der Waals surface area (Å²) in [5.41, 5.74) is 0.579. The predicted molar refractivity (Wildman–Crippen MR) is 106 cm³/mol. The second-order valence-corrected chi connectivity index (χ2v) is 7.17. The zero-order valence-corrected chi connectivity index (χ0v) is 16.3. The number of rotatable bonds is 6. The minimum absolute atomic E-state index is 0. The third kappa shape index (κ3) is 4.99. The average molecular weight is 392 g/mol. The molecule has 1 saturated heterocycles. The summed E-state index contributed by atoms with van der Waals surface area (Å²) in [6.45, 7) is 2.74. The van der Waals surface area contributed by atoms with E-state index in [1.54, 1.807) is 16.8 Å². The number of nitrogens with zero attached hydrogens (tertiary/aromatic N) is 3. The molecule has 1 aliphatic heterocycles. The molecule has 4 rings (SSSR count). The summed E-state index contributed by atoms with van der Waals surface area (Å²) >= 11 is 0. The topological polar surface area (TPSA) is 81.1 Å². The van der Waals surface area contributed by atoms with Crippen molar-refractivity contribution in [1.29, 1.82) is 0 Å². The first-order valence-corrected chi connectivity index (χ1v) is 9.35. The Bertz CT molecular complexity index is 767. The number of anilines is 1. The number of hydrogen-bond acceptors (Lipinski definition) is 5. The highest BCUT2D eigenvalue weighted by molar-refractivity contribution is 6.03. The Balaban J connectivity index is 0.00000210. The van der Waals surface area contributed by atoms with Crippen molar-refractivity contribution < 1.29 is 9.53 Å². The minimum atomic E-state index is -0.189. The molecule has 27 heavy (non-hydrogen) atoms. The Kier molecular flexibility index (Phi) is 6.34. The summed E-state index contributed by atoms with van der Waals surface area (Å²) < 4.78 is 7.35. The smallest absolute Gasteiger partial charge is 0.258 e. The Labute approximate surface area is 165 Å². The molecule has 1 aromatic heterocycles. The maximum atomic E-state index is 12.5. The van der Waals surface area contributed by atoms with Gasteiger partial charge >= 0.3 is 0 Å². The Hall–Kier alpha value is -2.12. The lowest BCUT2D eigenvalue weighted by atomic mass is 9.98. The molecule has 2 N–H and O–H groups in total. The fourth-order valence-electron chi connectivity index (χ4n) is 3.14. The van der Waals surface area contributed by atoms with Crippen LogP contribution in [0, 0.1) is 5.92 Å². The zero-order chi connectivity index (χ0) is 17.9. The third-order valence-corrected chi connectivity index (χ3v) is 5.01. The largest absolute Gasteiger partial charge is 0.493 e. The van der Waals surface area contributed by atoms with Gasteiger partial charge in [0.1, 0.15) is 5.75 Å². The first kappa shape index (κ1) is 19.6. The summed E-state index contributed by atoms with van der Waals surface area (Å²) in [7, 11) is 1.81. The van der Waals surface area contributed by atoms with Crippen molar-refractivity contribution >= 4 is 24.3 Å². The molecular weight excluding hydrogens is 366 g/mol. The summed E-state index contributed by atoms with van der Waals surface area (Å²) in [4.78, 5) is 17.0. The van der Waals surface area contributed by atoms with Crippen molar-refractivity contribution in [3.63, 3.8) is 0 Å². The fourth-order valence-corrected chi connectivity index (χ4v) is 3.14. The van der Waals surface area contributed by atoms with Gasteiger partial charge in [0.05, 0.1) is 6.61 Å². The van der Waals surface area contributed by atoms with E-state index in [2.05, 4.69) is 20.7 Å². The van der Waals surface area contributed by atoms with Gasteiger partial charge in [-0.15, -0.1) is 12.4 Å². The van der Waals surface area contributed by atoms with Crippen LogP contribution in [0.2, 0.25) is 0 Å². The van der Waals surface area contributed by atoms with Crippen LogP contribution in [0.25, 0.3) is 0 Å². The van der Waals surface area contributed by atoms with Crippen LogP contribution in [0.4, 0.5) is 5.95 Å². The van der Waals surface area contributed by atoms with Gasteiger partial charge in [0.2, 0.25) is 5.95 Å². The summed E-state index contributed by atoms with van der Waals surface area (Å²) in [5.74, 6) is 2.98. The predicted octanol–water partition coefficient (Wildman–Crippen LogP) is 2.75. The number of aryl methyl sites for hydroxylation is 1. The van der Waals surface area contributed by atoms with Gasteiger partial charge < -0.3 is 10.1 Å². The van der Waals surface area contributed by atoms with Crippen molar-refractivity contribution in [2.45, 2.75) is 31.6 Å². The lowest BCUT2D eigenvalue weighted by Crippen LogP contribution is -2.27. The van der Waals surface area contributed by atoms with E-state index >= 15 is 0 Å². The molecule has 1 aromatic carbocycles. The summed E-state index contributed by atoms with van der Waals surface area (Å²) in [5, 5.41) is 10.7. The number of piperidine rings is 1. The normalized spacial score (nSPS) is 17.2. The molecule has 2 aliphatic rings. The van der Waals surface area contributed by atoms with E-state index in [0.29, 0.717) is 23.3 Å². The zero-order valence-electron chi connectivity index (χ0n) is 15.5. The molecule has 7 nitrogen and oxygen atoms in total. The van der Waals surface area contributed by atoms with E-state index in [0.717, 1.165) is 44.1 Å². The van der Waals surface area contributed by atoms with Crippen molar-refractivity contribution in [2.75, 3.05) is 25.0 Å². The maximum Gasteiger partial charge on any atom is 0.258 e. The van der Waals surface area contributed by atoms with E-state index < -0.39 is 0 Å². The van der Waals surface area contributed by atoms with Gasteiger partial charge in [0.15, 0.2) is 5.82 Å². The lowest BCUT2D eigenvalue weighted by Gasteiger charge is -2.19. The number of benzene rings is 1. The van der Waals surface area contributed by atoms with Crippen molar-refractivity contribution in [3.05, 3.63) is 35.7 Å². The highest BCUT2D eigenvalue weighted by atomic mass is 35.5. The summed E-state index contributed by atoms with van der Waals surface area (Å²) in [6.07, 6.45) is 4.58. The second-order valence-electron chi connectivity index (χ2n) is 7.17. The molecule has 0 atom stereocenters. The average Bonchev–Trinajstić information content (AvgIpc) is 3.44. The number of aromatic nitrogens is 3. The molecule has 0 spiro atoms. The van der Waals surface area contributed by atoms with Crippen LogP contribution >= 0.6 is 12.4 Å². The van der Waals surface area contributed by atoms with E-state index in [4.69, 9.17) is 4.74 Å². The first-order valence-electron chi connectivity index (χ1n) is 9.35. The molecule has 0 radical (unpaired) electrons. The minimum Gasteiger partial charge on any atom is -0.493 e. The standard InChI is InChI=1S/C19H25N5O2.ClH/c1-24-19(21-17(23-24)14-8-10-20-11-9-14)22-18(25)15-4-6-16(7-5-15)26-12-13-2-3-13;/h4-7,13-14,20H,2-3,8-12H2,1H3,(H,21,22,23,25);1H. The number of carbonyl (C=O) groups is 1. The SMILES string of the molecule is Cl.Cn1nc(C2CCNCC2)nc1NC(=O)c1ccc(OCC2CC2)cc1. The van der Waals surface area contributed by atoms with Crippen LogP contribution in [-0.4, -0.2) is 40.4 Å². The Morgan fingerprint density at radius 1 is 1.22 bits per heavy atom. The van der Waals surface area contributed by atoms with E-state index in [1.807, 2.05) is 19.2 Å². The number of halogens is 1. The van der Waals surface area contributed by atoms with Crippen LogP contribution in [0.3, 0.4) is 0 Å². The maximum absolute atomic E-state index is 12.5. The van der Waals surface area contributed by atoms with Gasteiger partial charge in [-0.25, -0.2) is 4.68 Å². The van der Waals surface area contributed by atoms with Gasteiger partial charge in [-0.3, -0.25) is 10.1 Å². The van der Waals surface area contributed by atoms with Gasteiger partial charge in [-0.2, -0.15) is 10.1 Å². The highest BCUT2D eigenvalue weighted by Crippen LogP contribution is 2.29. The van der Waals surface area contributed by atoms with Crippen LogP contribution in [-0.2, 0) is 7.05 Å². The molecule has 1 aliphatic carbocycles. The molecule has 0 unspecified atom stereocenters. The van der Waals surface area contributed by atoms with Gasteiger partial charge in [-0.05, 0) is 69.0 Å². The van der Waals surface area contributed by atoms with Gasteiger partial charge in [-0.1, -0.05) is 0 Å². The van der Waals surface area contributed by atoms with E-state index in [9.17, 15) is 4.79 Å². The third-order valence-electron chi connectivity index (χ3n) is 5.01. The van der Waals surface area contributed by atoms with Crippen LogP contribution in [0.15, 0.2) is 24.3 Å². The summed E-state index contributed by atoms with van der Waals surface area (Å²) in [6, 6.07) is 7.24. The Morgan fingerprint density at radius 2 is 1.93 bits per heavy atom. The highest BCUT2D eigenvalue weighted by Gasteiger charge is 2.22. The fraction of sp³-hybridized carbons (Fsp3) is 0.526. The van der Waals surface area contributed by atoms with Gasteiger partial charge in [0, 0.05) is 18.5 Å². The van der Waals surface area contributed by atoms with E-state index in [1.165, 1.54) is 12.8 Å². The molecule has 8 heteroatoms. The van der Waals surface area contributed by atoms with Crippen LogP contribution < -0.4 is 15.4 Å². The molecule has 0 bridgehead atoms. The first-order chi connectivity index (χ1) is 12.7. The molecule has 146 valence electrons. The van der Waals surface area contributed by atoms with Crippen molar-refractivity contribution in [3.8, 4) is 5.75 Å². The molecule has 1 amide bonds. The number of nitrogens with one attached hydrogen (secondary N) is 2. The number of ether oxygens (including phenoxy) is 1. The van der Waals surface area contributed by atoms with Crippen LogP contribution in [0.5, 0.6) is 5.75 Å². The number of carbonyl (C=O) groups excluding carboxylic acids is 1. The molecule has 2 heterocycles. The molecule has 1 saturated carbocycles.